The Kier molecular flexibility index (Phi) is 12.1. The number of benzene rings is 4. The molecule has 0 aliphatic heterocycles. The molecule has 0 spiro atoms. The molecule has 0 fully saturated rings. The minimum absolute atomic E-state index is 0.119. The average Bonchev–Trinajstić information content (AvgIpc) is 3.62. The fraction of sp³-hybridized carbons (Fsp3) is 0.341. The number of hydrogen-bond acceptors (Lipinski definition) is 1. The molecule has 0 aliphatic rings. The van der Waals surface area contributed by atoms with E-state index < -0.39 is 145 Å². The Morgan fingerprint density at radius 3 is 1.00 bits per heavy atom. The zero-order valence-corrected chi connectivity index (χ0v) is 34.9. The van der Waals surface area contributed by atoms with Gasteiger partial charge in [-0.1, -0.05) is 45.9 Å². The predicted molar refractivity (Wildman–Crippen MR) is 200 cm³/mol. The molecule has 61 heavy (non-hydrogen) atoms. The van der Waals surface area contributed by atoms with Gasteiger partial charge >= 0.3 is 0 Å². The maximum Gasteiger partial charge on any atom is 0.258 e. The van der Waals surface area contributed by atoms with Crippen LogP contribution < -0.4 is 26.4 Å². The summed E-state index contributed by atoms with van der Waals surface area (Å²) < 4.78 is 258. The molecule has 0 radical (unpaired) electrons. The lowest BCUT2D eigenvalue weighted by molar-refractivity contribution is -0.503. The lowest BCUT2D eigenvalue weighted by Crippen LogP contribution is -2.86. The second kappa shape index (κ2) is 15.6. The molecule has 20 heteroatoms. The van der Waals surface area contributed by atoms with Crippen molar-refractivity contribution in [3.63, 3.8) is 0 Å². The first kappa shape index (κ1) is 47.4. The van der Waals surface area contributed by atoms with E-state index in [-0.39, 0.29) is 16.8 Å². The molecule has 3 nitrogen and oxygen atoms in total. The maximum atomic E-state index is 17.0. The highest BCUT2D eigenvalue weighted by atomic mass is 31.2. The molecule has 0 bridgehead atoms. The summed E-state index contributed by atoms with van der Waals surface area (Å²) in [6.45, 7) is 13.8. The molecule has 0 aliphatic carbocycles. The van der Waals surface area contributed by atoms with Crippen LogP contribution in [0.4, 0.5) is 65.9 Å². The third-order valence-corrected chi connectivity index (χ3v) is 15.5. The van der Waals surface area contributed by atoms with Crippen molar-refractivity contribution in [2.45, 2.75) is 91.4 Å². The molecular weight excluding hydrogens is 863 g/mol. The summed E-state index contributed by atoms with van der Waals surface area (Å²) in [5.74, 6) is -48.3. The normalized spacial score (nSPS) is 13.0. The average molecular weight is 901 g/mol. The molecule has 0 unspecified atom stereocenters. The van der Waals surface area contributed by atoms with E-state index in [1.54, 1.807) is 27.7 Å². The quantitative estimate of drug-likeness (QED) is 0.0501. The van der Waals surface area contributed by atoms with Gasteiger partial charge < -0.3 is 0 Å². The molecule has 0 atom stereocenters. The second-order valence-electron chi connectivity index (χ2n) is 17.2. The number of hydrogen-bond donors (Lipinski definition) is 0. The Morgan fingerprint density at radius 1 is 0.492 bits per heavy atom. The highest BCUT2D eigenvalue weighted by Crippen LogP contribution is 2.62. The van der Waals surface area contributed by atoms with Gasteiger partial charge in [-0.2, -0.15) is 0 Å². The zero-order valence-electron chi connectivity index (χ0n) is 34.0. The summed E-state index contributed by atoms with van der Waals surface area (Å²) in [4.78, 5) is 0. The fourth-order valence-electron chi connectivity index (χ4n) is 8.50. The molecule has 330 valence electrons. The van der Waals surface area contributed by atoms with Crippen LogP contribution in [0, 0.1) is 87.3 Å². The van der Waals surface area contributed by atoms with Crippen LogP contribution in [0.5, 0.6) is 0 Å². The van der Waals surface area contributed by atoms with Crippen LogP contribution in [0.15, 0.2) is 30.6 Å². The number of imidazole rings is 1. The van der Waals surface area contributed by atoms with Crippen molar-refractivity contribution in [1.29, 1.82) is 0 Å². The number of aromatic nitrogens is 2. The molecule has 1 heterocycles. The van der Waals surface area contributed by atoms with Gasteiger partial charge in [-0.15, -0.1) is 16.4 Å². The summed E-state index contributed by atoms with van der Waals surface area (Å²) in [6, 6.07) is 4.24. The van der Waals surface area contributed by atoms with Crippen LogP contribution in [-0.4, -0.2) is 21.0 Å². The van der Waals surface area contributed by atoms with Crippen LogP contribution >= 0.6 is 7.29 Å². The Balaban J connectivity index is 2.51. The zero-order chi connectivity index (χ0) is 46.5. The van der Waals surface area contributed by atoms with Gasteiger partial charge in [-0.25, -0.2) is 74.8 Å². The SMILES string of the molecule is CC(C)c1cccc(C(C)C)c1-n1cc[n+](P(=O)(C(C)(C)C)C(C)(C)C)c1[B-](c1c(F)c(F)c(F)c(F)c1F)(c1c(F)c(F)c(F)c(F)c1F)c1c(F)c(F)c(F)c(F)c1F. The molecule has 4 aromatic carbocycles. The van der Waals surface area contributed by atoms with Gasteiger partial charge in [0.15, 0.2) is 52.4 Å². The van der Waals surface area contributed by atoms with Gasteiger partial charge in [0.25, 0.3) is 7.29 Å². The van der Waals surface area contributed by atoms with Crippen molar-refractivity contribution in [1.82, 2.24) is 4.57 Å². The third-order valence-electron chi connectivity index (χ3n) is 11.0. The van der Waals surface area contributed by atoms with E-state index in [4.69, 9.17) is 0 Å². The predicted octanol–water partition coefficient (Wildman–Crippen LogP) is 10.2. The van der Waals surface area contributed by atoms with Crippen LogP contribution in [-0.2, 0) is 4.57 Å². The van der Waals surface area contributed by atoms with Crippen molar-refractivity contribution < 1.29 is 74.8 Å². The highest BCUT2D eigenvalue weighted by molar-refractivity contribution is 7.60. The van der Waals surface area contributed by atoms with Crippen molar-refractivity contribution in [2.24, 2.45) is 0 Å². The lowest BCUT2D eigenvalue weighted by Gasteiger charge is -2.45. The van der Waals surface area contributed by atoms with Gasteiger partial charge in [0.2, 0.25) is 6.15 Å². The minimum atomic E-state index is -6.36. The number of nitrogens with zero attached hydrogens (tertiary/aromatic N) is 2. The van der Waals surface area contributed by atoms with E-state index >= 15 is 57.3 Å². The molecule has 5 aromatic rings. The molecule has 0 saturated carbocycles. The third kappa shape index (κ3) is 6.61. The Labute approximate surface area is 340 Å². The number of halogens is 15. The van der Waals surface area contributed by atoms with E-state index in [9.17, 15) is 13.2 Å². The molecule has 0 saturated heterocycles. The smallest absolute Gasteiger partial charge is 0.258 e. The Hall–Kier alpha value is -4.67. The van der Waals surface area contributed by atoms with E-state index in [0.717, 1.165) is 12.4 Å². The number of para-hydroxylation sites is 1. The first-order chi connectivity index (χ1) is 27.9. The summed E-state index contributed by atoms with van der Waals surface area (Å²) >= 11 is 0. The Morgan fingerprint density at radius 2 is 0.754 bits per heavy atom. The second-order valence-corrected chi connectivity index (χ2v) is 21.5. The van der Waals surface area contributed by atoms with E-state index in [1.165, 1.54) is 59.7 Å². The lowest BCUT2D eigenvalue weighted by atomic mass is 9.14. The minimum Gasteiger partial charge on any atom is -0.273 e. The fourth-order valence-corrected chi connectivity index (χ4v) is 12.6. The standard InChI is InChI=1S/C41H37BF15N2OP/c1-16(2)18-12-11-13-19(17(3)4)38(18)58-14-15-59(61(60,40(5,6)7)41(8,9)10)39(58)42(20-23(43)29(49)35(55)30(50)24(20)44,21-25(45)31(51)36(56)32(52)26(21)46)22-27(47)33(53)37(57)34(54)28(22)48/h11-17H,1-10H3. The Bertz CT molecular complexity index is 2380. The van der Waals surface area contributed by atoms with Gasteiger partial charge in [-0.3, -0.25) is 4.57 Å². The monoisotopic (exact) mass is 900 g/mol. The van der Waals surface area contributed by atoms with Crippen molar-refractivity contribution in [3.8, 4) is 5.69 Å². The first-order valence-corrected chi connectivity index (χ1v) is 20.1. The topological polar surface area (TPSA) is 25.9 Å². The molecule has 0 amide bonds. The molecular formula is C41H37BF15N2OP. The molecule has 1 aromatic heterocycles. The van der Waals surface area contributed by atoms with Crippen molar-refractivity contribution in [3.05, 3.63) is 129 Å². The summed E-state index contributed by atoms with van der Waals surface area (Å²) in [7, 11) is -4.91. The first-order valence-electron chi connectivity index (χ1n) is 18.5. The van der Waals surface area contributed by atoms with E-state index in [0.29, 0.717) is 8.90 Å². The van der Waals surface area contributed by atoms with Crippen LogP contribution in [0.2, 0.25) is 0 Å². The van der Waals surface area contributed by atoms with Gasteiger partial charge in [0.05, 0.1) is 16.0 Å². The van der Waals surface area contributed by atoms with Crippen molar-refractivity contribution >= 4 is 35.6 Å². The maximum absolute atomic E-state index is 17.0. The van der Waals surface area contributed by atoms with Gasteiger partial charge in [0.1, 0.15) is 53.0 Å². The molecule has 0 N–H and O–H groups in total. The van der Waals surface area contributed by atoms with Gasteiger partial charge in [-0.05, 0) is 53.4 Å². The van der Waals surface area contributed by atoms with E-state index in [2.05, 4.69) is 0 Å². The van der Waals surface area contributed by atoms with Crippen LogP contribution in [0.3, 0.4) is 0 Å². The molecule has 5 rings (SSSR count). The summed E-state index contributed by atoms with van der Waals surface area (Å²) in [5, 5.41) is -3.53. The van der Waals surface area contributed by atoms with Gasteiger partial charge in [0, 0.05) is 11.1 Å². The number of rotatable bonds is 8. The largest absolute Gasteiger partial charge is 0.273 e. The summed E-state index contributed by atoms with van der Waals surface area (Å²) in [6.07, 6.45) is -4.83. The highest BCUT2D eigenvalue weighted by Gasteiger charge is 2.60. The van der Waals surface area contributed by atoms with Crippen LogP contribution in [0.1, 0.15) is 92.2 Å². The van der Waals surface area contributed by atoms with E-state index in [1.807, 2.05) is 0 Å². The summed E-state index contributed by atoms with van der Waals surface area (Å²) in [5.41, 5.74) is -10.2. The van der Waals surface area contributed by atoms with Crippen molar-refractivity contribution in [2.75, 3.05) is 0 Å². The van der Waals surface area contributed by atoms with Crippen LogP contribution in [0.25, 0.3) is 5.69 Å².